The molecule has 2 aromatic carbocycles. The summed E-state index contributed by atoms with van der Waals surface area (Å²) in [7, 11) is 0. The highest BCUT2D eigenvalue weighted by molar-refractivity contribution is 9.10. The average molecular weight is 346 g/mol. The first kappa shape index (κ1) is 16.3. The maximum absolute atomic E-state index is 3.67. The fraction of sp³-hybridized carbons (Fsp3) is 0.368. The number of hydrogen-bond acceptors (Lipinski definition) is 1. The van der Waals surface area contributed by atoms with Gasteiger partial charge in [-0.15, -0.1) is 0 Å². The summed E-state index contributed by atoms with van der Waals surface area (Å²) < 4.78 is 1.13. The molecule has 0 aromatic heterocycles. The van der Waals surface area contributed by atoms with Gasteiger partial charge in [-0.25, -0.2) is 0 Å². The van der Waals surface area contributed by atoms with Crippen LogP contribution in [0.5, 0.6) is 0 Å². The van der Waals surface area contributed by atoms with Gasteiger partial charge in [-0.3, -0.25) is 0 Å². The van der Waals surface area contributed by atoms with Gasteiger partial charge in [0.25, 0.3) is 0 Å². The third kappa shape index (κ3) is 4.69. The number of rotatable bonds is 6. The molecule has 0 spiro atoms. The van der Waals surface area contributed by atoms with Crippen molar-refractivity contribution in [3.05, 3.63) is 69.2 Å². The van der Waals surface area contributed by atoms with Gasteiger partial charge in [0.05, 0.1) is 0 Å². The molecule has 2 heteroatoms. The van der Waals surface area contributed by atoms with E-state index < -0.39 is 0 Å². The second-order valence-corrected chi connectivity index (χ2v) is 6.60. The Labute approximate surface area is 136 Å². The third-order valence-electron chi connectivity index (χ3n) is 3.92. The zero-order chi connectivity index (χ0) is 15.2. The van der Waals surface area contributed by atoms with Crippen molar-refractivity contribution in [3.63, 3.8) is 0 Å². The van der Waals surface area contributed by atoms with Gasteiger partial charge in [0.1, 0.15) is 0 Å². The van der Waals surface area contributed by atoms with Crippen molar-refractivity contribution in [3.8, 4) is 0 Å². The lowest BCUT2D eigenvalue weighted by Crippen LogP contribution is -2.24. The van der Waals surface area contributed by atoms with Crippen molar-refractivity contribution in [1.82, 2.24) is 5.32 Å². The smallest absolute Gasteiger partial charge is 0.0360 e. The Balaban J connectivity index is 2.19. The standard InChI is InChI=1S/C19H24BrN/c1-4-11-21-19(17-7-9-18(20)10-8-17)13-16-6-5-14(2)15(3)12-16/h5-10,12,19,21H,4,11,13H2,1-3H3. The molecular weight excluding hydrogens is 322 g/mol. The van der Waals surface area contributed by atoms with E-state index in [0.29, 0.717) is 6.04 Å². The van der Waals surface area contributed by atoms with Gasteiger partial charge in [-0.05, 0) is 67.6 Å². The van der Waals surface area contributed by atoms with Gasteiger partial charge < -0.3 is 5.32 Å². The van der Waals surface area contributed by atoms with Gasteiger partial charge >= 0.3 is 0 Å². The summed E-state index contributed by atoms with van der Waals surface area (Å²) in [4.78, 5) is 0. The van der Waals surface area contributed by atoms with Gasteiger partial charge in [0.15, 0.2) is 0 Å². The van der Waals surface area contributed by atoms with E-state index >= 15 is 0 Å². The number of hydrogen-bond donors (Lipinski definition) is 1. The summed E-state index contributed by atoms with van der Waals surface area (Å²) in [5.74, 6) is 0. The Morgan fingerprint density at radius 1 is 1.00 bits per heavy atom. The fourth-order valence-electron chi connectivity index (χ4n) is 2.49. The van der Waals surface area contributed by atoms with E-state index in [0.717, 1.165) is 23.9 Å². The van der Waals surface area contributed by atoms with Crippen molar-refractivity contribution < 1.29 is 0 Å². The molecule has 0 bridgehead atoms. The lowest BCUT2D eigenvalue weighted by atomic mass is 9.96. The molecule has 1 unspecified atom stereocenters. The topological polar surface area (TPSA) is 12.0 Å². The van der Waals surface area contributed by atoms with Crippen LogP contribution in [-0.4, -0.2) is 6.54 Å². The normalized spacial score (nSPS) is 12.4. The van der Waals surface area contributed by atoms with E-state index in [1.807, 2.05) is 0 Å². The minimum atomic E-state index is 0.375. The summed E-state index contributed by atoms with van der Waals surface area (Å²) in [6.07, 6.45) is 2.18. The fourth-order valence-corrected chi connectivity index (χ4v) is 2.75. The van der Waals surface area contributed by atoms with E-state index in [-0.39, 0.29) is 0 Å². The first-order valence-corrected chi connectivity index (χ1v) is 8.44. The van der Waals surface area contributed by atoms with Crippen LogP contribution in [0.15, 0.2) is 46.9 Å². The highest BCUT2D eigenvalue weighted by Crippen LogP contribution is 2.22. The molecule has 0 aliphatic heterocycles. The SMILES string of the molecule is CCCNC(Cc1ccc(C)c(C)c1)c1ccc(Br)cc1. The van der Waals surface area contributed by atoms with Crippen LogP contribution in [0, 0.1) is 13.8 Å². The van der Waals surface area contributed by atoms with Crippen molar-refractivity contribution in [1.29, 1.82) is 0 Å². The Hall–Kier alpha value is -1.12. The van der Waals surface area contributed by atoms with Crippen LogP contribution in [0.2, 0.25) is 0 Å². The van der Waals surface area contributed by atoms with Crippen molar-refractivity contribution in [2.45, 2.75) is 39.7 Å². The van der Waals surface area contributed by atoms with Crippen LogP contribution in [-0.2, 0) is 6.42 Å². The quantitative estimate of drug-likeness (QED) is 0.743. The van der Waals surface area contributed by atoms with Crippen LogP contribution in [0.25, 0.3) is 0 Å². The molecular formula is C19H24BrN. The second-order valence-electron chi connectivity index (χ2n) is 5.68. The molecule has 0 heterocycles. The summed E-state index contributed by atoms with van der Waals surface area (Å²) in [5.41, 5.74) is 5.48. The number of halogens is 1. The van der Waals surface area contributed by atoms with E-state index in [4.69, 9.17) is 0 Å². The predicted molar refractivity (Wildman–Crippen MR) is 94.8 cm³/mol. The molecule has 112 valence electrons. The summed E-state index contributed by atoms with van der Waals surface area (Å²) in [6, 6.07) is 15.8. The maximum atomic E-state index is 3.67. The van der Waals surface area contributed by atoms with Crippen LogP contribution in [0.3, 0.4) is 0 Å². The van der Waals surface area contributed by atoms with Crippen molar-refractivity contribution in [2.75, 3.05) is 6.54 Å². The zero-order valence-electron chi connectivity index (χ0n) is 13.1. The van der Waals surface area contributed by atoms with Gasteiger partial charge in [0.2, 0.25) is 0 Å². The van der Waals surface area contributed by atoms with E-state index in [9.17, 15) is 0 Å². The minimum Gasteiger partial charge on any atom is -0.310 e. The molecule has 21 heavy (non-hydrogen) atoms. The third-order valence-corrected chi connectivity index (χ3v) is 4.45. The molecule has 0 saturated carbocycles. The van der Waals surface area contributed by atoms with Gasteiger partial charge in [0, 0.05) is 10.5 Å². The Morgan fingerprint density at radius 2 is 1.71 bits per heavy atom. The lowest BCUT2D eigenvalue weighted by Gasteiger charge is -2.20. The molecule has 0 amide bonds. The maximum Gasteiger partial charge on any atom is 0.0360 e. The largest absolute Gasteiger partial charge is 0.310 e. The molecule has 0 saturated heterocycles. The molecule has 1 nitrogen and oxygen atoms in total. The van der Waals surface area contributed by atoms with E-state index in [1.165, 1.54) is 22.3 Å². The number of benzene rings is 2. The first-order chi connectivity index (χ1) is 10.1. The monoisotopic (exact) mass is 345 g/mol. The molecule has 0 aliphatic rings. The van der Waals surface area contributed by atoms with Crippen LogP contribution in [0.4, 0.5) is 0 Å². The highest BCUT2D eigenvalue weighted by atomic mass is 79.9. The number of nitrogens with one attached hydrogen (secondary N) is 1. The first-order valence-electron chi connectivity index (χ1n) is 7.65. The van der Waals surface area contributed by atoms with E-state index in [2.05, 4.69) is 84.5 Å². The summed E-state index contributed by atoms with van der Waals surface area (Å²) in [5, 5.41) is 3.67. The molecule has 1 atom stereocenters. The Bertz CT molecular complexity index is 575. The molecule has 2 rings (SSSR count). The van der Waals surface area contributed by atoms with Crippen molar-refractivity contribution >= 4 is 15.9 Å². The summed E-state index contributed by atoms with van der Waals surface area (Å²) >= 11 is 3.51. The minimum absolute atomic E-state index is 0.375. The van der Waals surface area contributed by atoms with Gasteiger partial charge in [-0.2, -0.15) is 0 Å². The van der Waals surface area contributed by atoms with Crippen LogP contribution >= 0.6 is 15.9 Å². The van der Waals surface area contributed by atoms with Crippen LogP contribution < -0.4 is 5.32 Å². The summed E-state index contributed by atoms with van der Waals surface area (Å²) in [6.45, 7) is 7.61. The second kappa shape index (κ2) is 7.77. The molecule has 1 N–H and O–H groups in total. The van der Waals surface area contributed by atoms with Crippen molar-refractivity contribution in [2.24, 2.45) is 0 Å². The molecule has 0 aliphatic carbocycles. The molecule has 2 aromatic rings. The lowest BCUT2D eigenvalue weighted by molar-refractivity contribution is 0.529. The highest BCUT2D eigenvalue weighted by Gasteiger charge is 2.12. The van der Waals surface area contributed by atoms with Crippen LogP contribution in [0.1, 0.15) is 41.6 Å². The van der Waals surface area contributed by atoms with E-state index in [1.54, 1.807) is 0 Å². The predicted octanol–water partition coefficient (Wildman–Crippen LogP) is 5.35. The van der Waals surface area contributed by atoms with Gasteiger partial charge in [-0.1, -0.05) is 53.2 Å². The molecule has 0 fully saturated rings. The zero-order valence-corrected chi connectivity index (χ0v) is 14.7. The molecule has 0 radical (unpaired) electrons. The average Bonchev–Trinajstić information content (AvgIpc) is 2.48. The Kier molecular flexibility index (Phi) is 6.01. The Morgan fingerprint density at radius 3 is 2.33 bits per heavy atom. The number of aryl methyl sites for hydroxylation is 2.